The van der Waals surface area contributed by atoms with Crippen molar-refractivity contribution in [1.29, 1.82) is 0 Å². The first-order valence-electron chi connectivity index (χ1n) is 6.94. The van der Waals surface area contributed by atoms with Crippen molar-refractivity contribution >= 4 is 16.9 Å². The van der Waals surface area contributed by atoms with Crippen molar-refractivity contribution in [3.05, 3.63) is 53.7 Å². The van der Waals surface area contributed by atoms with Gasteiger partial charge in [-0.1, -0.05) is 12.1 Å². The zero-order valence-corrected chi connectivity index (χ0v) is 12.5. The molecule has 0 saturated heterocycles. The van der Waals surface area contributed by atoms with Crippen molar-refractivity contribution < 1.29 is 13.9 Å². The predicted molar refractivity (Wildman–Crippen MR) is 81.3 cm³/mol. The standard InChI is InChI=1S/C16H17N3O3/c1-19(16(20)14-8-7-11(22-14)10-21-2)9-15-17-12-5-3-4-6-13(12)18-15/h3-8H,9-10H2,1-2H3,(H,17,18). The van der Waals surface area contributed by atoms with Gasteiger partial charge in [-0.2, -0.15) is 0 Å². The number of nitrogens with zero attached hydrogens (tertiary/aromatic N) is 2. The molecular formula is C16H17N3O3. The highest BCUT2D eigenvalue weighted by molar-refractivity contribution is 5.91. The molecule has 0 unspecified atom stereocenters. The van der Waals surface area contributed by atoms with Crippen LogP contribution < -0.4 is 0 Å². The molecule has 6 nitrogen and oxygen atoms in total. The summed E-state index contributed by atoms with van der Waals surface area (Å²) in [6.45, 7) is 0.731. The van der Waals surface area contributed by atoms with E-state index >= 15 is 0 Å². The summed E-state index contributed by atoms with van der Waals surface area (Å²) in [4.78, 5) is 21.6. The highest BCUT2D eigenvalue weighted by atomic mass is 16.5. The number of benzene rings is 1. The number of hydrogen-bond acceptors (Lipinski definition) is 4. The highest BCUT2D eigenvalue weighted by Crippen LogP contribution is 2.14. The van der Waals surface area contributed by atoms with Crippen molar-refractivity contribution in [1.82, 2.24) is 14.9 Å². The molecule has 3 rings (SSSR count). The van der Waals surface area contributed by atoms with Crippen LogP contribution in [0.2, 0.25) is 0 Å². The fourth-order valence-corrected chi connectivity index (χ4v) is 2.28. The molecule has 0 spiro atoms. The monoisotopic (exact) mass is 299 g/mol. The van der Waals surface area contributed by atoms with Gasteiger partial charge in [0.05, 0.1) is 17.6 Å². The molecule has 1 amide bonds. The van der Waals surface area contributed by atoms with Crippen molar-refractivity contribution in [3.63, 3.8) is 0 Å². The lowest BCUT2D eigenvalue weighted by molar-refractivity contribution is 0.0742. The molecule has 6 heteroatoms. The smallest absolute Gasteiger partial charge is 0.289 e. The lowest BCUT2D eigenvalue weighted by Crippen LogP contribution is -2.26. The molecule has 0 aliphatic carbocycles. The minimum atomic E-state index is -0.192. The van der Waals surface area contributed by atoms with E-state index in [-0.39, 0.29) is 5.91 Å². The number of fused-ring (bicyclic) bond motifs is 1. The van der Waals surface area contributed by atoms with Crippen molar-refractivity contribution in [2.24, 2.45) is 0 Å². The molecule has 0 bridgehead atoms. The van der Waals surface area contributed by atoms with Gasteiger partial charge in [-0.25, -0.2) is 4.98 Å². The van der Waals surface area contributed by atoms with Gasteiger partial charge in [0.15, 0.2) is 5.76 Å². The van der Waals surface area contributed by atoms with E-state index < -0.39 is 0 Å². The normalized spacial score (nSPS) is 11.0. The topological polar surface area (TPSA) is 71.4 Å². The minimum Gasteiger partial charge on any atom is -0.453 e. The Morgan fingerprint density at radius 3 is 2.91 bits per heavy atom. The van der Waals surface area contributed by atoms with Crippen LogP contribution in [-0.4, -0.2) is 34.9 Å². The number of ether oxygens (including phenoxy) is 1. The average molecular weight is 299 g/mol. The Morgan fingerprint density at radius 2 is 2.14 bits per heavy atom. The van der Waals surface area contributed by atoms with Gasteiger partial charge in [-0.3, -0.25) is 4.79 Å². The zero-order chi connectivity index (χ0) is 15.5. The van der Waals surface area contributed by atoms with Crippen LogP contribution in [0.4, 0.5) is 0 Å². The minimum absolute atomic E-state index is 0.192. The van der Waals surface area contributed by atoms with E-state index in [1.165, 1.54) is 0 Å². The largest absolute Gasteiger partial charge is 0.453 e. The number of H-pyrrole nitrogens is 1. The number of furan rings is 1. The van der Waals surface area contributed by atoms with Gasteiger partial charge in [0.1, 0.15) is 18.2 Å². The molecule has 0 aliphatic rings. The summed E-state index contributed by atoms with van der Waals surface area (Å²) in [6, 6.07) is 11.2. The van der Waals surface area contributed by atoms with Gasteiger partial charge in [-0.15, -0.1) is 0 Å². The van der Waals surface area contributed by atoms with Crippen LogP contribution >= 0.6 is 0 Å². The molecular weight excluding hydrogens is 282 g/mol. The van der Waals surface area contributed by atoms with E-state index in [0.717, 1.165) is 16.9 Å². The molecule has 2 aromatic heterocycles. The van der Waals surface area contributed by atoms with E-state index in [4.69, 9.17) is 9.15 Å². The van der Waals surface area contributed by atoms with Crippen LogP contribution in [0.5, 0.6) is 0 Å². The second kappa shape index (κ2) is 6.03. The maximum absolute atomic E-state index is 12.3. The van der Waals surface area contributed by atoms with Crippen molar-refractivity contribution in [2.45, 2.75) is 13.2 Å². The van der Waals surface area contributed by atoms with Crippen LogP contribution in [0, 0.1) is 0 Å². The number of aromatic nitrogens is 2. The summed E-state index contributed by atoms with van der Waals surface area (Å²) in [6.07, 6.45) is 0. The average Bonchev–Trinajstić information content (AvgIpc) is 3.12. The summed E-state index contributed by atoms with van der Waals surface area (Å²) in [7, 11) is 3.30. The molecule has 3 aromatic rings. The third kappa shape index (κ3) is 2.87. The maximum Gasteiger partial charge on any atom is 0.289 e. The quantitative estimate of drug-likeness (QED) is 0.786. The fraction of sp³-hybridized carbons (Fsp3) is 0.250. The molecule has 0 aliphatic heterocycles. The van der Waals surface area contributed by atoms with E-state index in [2.05, 4.69) is 9.97 Å². The van der Waals surface area contributed by atoms with E-state index in [1.54, 1.807) is 31.2 Å². The van der Waals surface area contributed by atoms with Gasteiger partial charge < -0.3 is 19.0 Å². The van der Waals surface area contributed by atoms with Crippen LogP contribution in [-0.2, 0) is 17.9 Å². The molecule has 1 N–H and O–H groups in total. The number of carbonyl (C=O) groups is 1. The summed E-state index contributed by atoms with van der Waals surface area (Å²) in [5, 5.41) is 0. The number of rotatable bonds is 5. The number of aromatic amines is 1. The van der Waals surface area contributed by atoms with Crippen LogP contribution in [0.1, 0.15) is 22.1 Å². The number of hydrogen-bond donors (Lipinski definition) is 1. The maximum atomic E-state index is 12.3. The first-order chi connectivity index (χ1) is 10.7. The van der Waals surface area contributed by atoms with Gasteiger partial charge in [0.25, 0.3) is 5.91 Å². The fourth-order valence-electron chi connectivity index (χ4n) is 2.28. The summed E-state index contributed by atoms with van der Waals surface area (Å²) in [5.74, 6) is 1.47. The zero-order valence-electron chi connectivity index (χ0n) is 12.5. The molecule has 22 heavy (non-hydrogen) atoms. The van der Waals surface area contributed by atoms with Crippen LogP contribution in [0.15, 0.2) is 40.8 Å². The number of carbonyl (C=O) groups excluding carboxylic acids is 1. The van der Waals surface area contributed by atoms with E-state index in [9.17, 15) is 4.79 Å². The lowest BCUT2D eigenvalue weighted by atomic mass is 10.3. The number of methoxy groups -OCH3 is 1. The molecule has 2 heterocycles. The Labute approximate surface area is 127 Å². The summed E-state index contributed by atoms with van der Waals surface area (Å²) in [5.41, 5.74) is 1.84. The van der Waals surface area contributed by atoms with Crippen LogP contribution in [0.3, 0.4) is 0 Å². The second-order valence-electron chi connectivity index (χ2n) is 5.06. The SMILES string of the molecule is COCc1ccc(C(=O)N(C)Cc2nc3ccccc3[nH]2)o1. The second-order valence-corrected chi connectivity index (χ2v) is 5.06. The Hall–Kier alpha value is -2.60. The highest BCUT2D eigenvalue weighted by Gasteiger charge is 2.17. The van der Waals surface area contributed by atoms with Crippen molar-refractivity contribution in [3.8, 4) is 0 Å². The molecule has 0 radical (unpaired) electrons. The molecule has 114 valence electrons. The number of imidazole rings is 1. The molecule has 0 atom stereocenters. The van der Waals surface area contributed by atoms with Gasteiger partial charge in [0.2, 0.25) is 0 Å². The first-order valence-corrected chi connectivity index (χ1v) is 6.94. The van der Waals surface area contributed by atoms with Gasteiger partial charge >= 0.3 is 0 Å². The number of amides is 1. The molecule has 1 aromatic carbocycles. The molecule has 0 fully saturated rings. The van der Waals surface area contributed by atoms with E-state index in [0.29, 0.717) is 24.7 Å². The van der Waals surface area contributed by atoms with Crippen molar-refractivity contribution in [2.75, 3.05) is 14.2 Å². The summed E-state index contributed by atoms with van der Waals surface area (Å²) < 4.78 is 10.4. The Morgan fingerprint density at radius 1 is 1.32 bits per heavy atom. The van der Waals surface area contributed by atoms with E-state index in [1.807, 2.05) is 24.3 Å². The Kier molecular flexibility index (Phi) is 3.93. The Balaban J connectivity index is 1.72. The predicted octanol–water partition coefficient (Wildman–Crippen LogP) is 2.57. The van der Waals surface area contributed by atoms with Gasteiger partial charge in [-0.05, 0) is 24.3 Å². The van der Waals surface area contributed by atoms with Gasteiger partial charge in [0, 0.05) is 14.2 Å². The summed E-state index contributed by atoms with van der Waals surface area (Å²) >= 11 is 0. The third-order valence-electron chi connectivity index (χ3n) is 3.33. The number of para-hydroxylation sites is 2. The lowest BCUT2D eigenvalue weighted by Gasteiger charge is -2.13. The molecule has 0 saturated carbocycles. The third-order valence-corrected chi connectivity index (χ3v) is 3.33. The Bertz CT molecular complexity index is 758. The first kappa shape index (κ1) is 14.3. The number of nitrogens with one attached hydrogen (secondary N) is 1. The van der Waals surface area contributed by atoms with Crippen LogP contribution in [0.25, 0.3) is 11.0 Å².